The molecule has 9 fully saturated rings. The number of imide groups is 1. The summed E-state index contributed by atoms with van der Waals surface area (Å²) in [6.45, 7) is 0. The van der Waals surface area contributed by atoms with Crippen LogP contribution in [0.2, 0.25) is 0 Å². The number of rotatable bonds is 3. The Bertz CT molecular complexity index is 651. The highest BCUT2D eigenvalue weighted by molar-refractivity contribution is 6.01. The summed E-state index contributed by atoms with van der Waals surface area (Å²) in [4.78, 5) is 31.1. The molecule has 170 valence electrons. The summed E-state index contributed by atoms with van der Waals surface area (Å²) in [7, 11) is 0. The molecule has 0 N–H and O–H groups in total. The molecule has 0 heterocycles. The van der Waals surface area contributed by atoms with Crippen molar-refractivity contribution >= 4 is 11.8 Å². The molecule has 9 aliphatic rings. The Morgan fingerprint density at radius 1 is 0.516 bits per heavy atom. The van der Waals surface area contributed by atoms with E-state index < -0.39 is 0 Å². The number of hydrogen-bond acceptors (Lipinski definition) is 2. The average molecular weight is 424 g/mol. The molecule has 0 aromatic rings. The topological polar surface area (TPSA) is 37.4 Å². The minimum absolute atomic E-state index is 0.176. The number of nitrogens with zero attached hydrogens (tertiary/aromatic N) is 1. The van der Waals surface area contributed by atoms with Crippen LogP contribution >= 0.6 is 0 Å². The molecule has 9 aliphatic carbocycles. The molecule has 0 aromatic heterocycles. The maximum absolute atomic E-state index is 14.5. The summed E-state index contributed by atoms with van der Waals surface area (Å²) in [5, 5.41) is 0. The first-order valence-corrected chi connectivity index (χ1v) is 13.9. The van der Waals surface area contributed by atoms with Crippen LogP contribution in [0.25, 0.3) is 0 Å². The summed E-state index contributed by atoms with van der Waals surface area (Å²) < 4.78 is 0. The zero-order valence-corrected chi connectivity index (χ0v) is 19.3. The summed E-state index contributed by atoms with van der Waals surface area (Å²) >= 11 is 0. The second-order valence-electron chi connectivity index (χ2n) is 13.7. The SMILES string of the molecule is O=C(N(C(=O)C12CC3CC(CC(C3)C1)C2)C1CCCCC1)C12CC3CC(CC(C3)C1)C2. The lowest BCUT2D eigenvalue weighted by molar-refractivity contribution is -0.178. The first kappa shape index (κ1) is 19.6. The van der Waals surface area contributed by atoms with E-state index in [-0.39, 0.29) is 16.9 Å². The minimum atomic E-state index is -0.176. The largest absolute Gasteiger partial charge is 0.279 e. The summed E-state index contributed by atoms with van der Waals surface area (Å²) in [6, 6.07) is 0.203. The van der Waals surface area contributed by atoms with E-state index >= 15 is 0 Å². The maximum atomic E-state index is 14.5. The Morgan fingerprint density at radius 2 is 0.839 bits per heavy atom. The van der Waals surface area contributed by atoms with Gasteiger partial charge in [0.15, 0.2) is 0 Å². The van der Waals surface area contributed by atoms with E-state index in [1.165, 1.54) is 57.8 Å². The van der Waals surface area contributed by atoms with Gasteiger partial charge in [0.05, 0.1) is 10.8 Å². The third kappa shape index (κ3) is 2.96. The Kier molecular flexibility index (Phi) is 4.31. The first-order valence-electron chi connectivity index (χ1n) is 13.9. The van der Waals surface area contributed by atoms with Gasteiger partial charge in [0.1, 0.15) is 0 Å². The molecule has 0 spiro atoms. The highest BCUT2D eigenvalue weighted by atomic mass is 16.2. The Balaban J connectivity index is 1.24. The normalized spacial score (nSPS) is 50.1. The highest BCUT2D eigenvalue weighted by Gasteiger charge is 2.61. The summed E-state index contributed by atoms with van der Waals surface area (Å²) in [5.74, 6) is 5.21. The van der Waals surface area contributed by atoms with Gasteiger partial charge in [0.2, 0.25) is 11.8 Å². The van der Waals surface area contributed by atoms with Gasteiger partial charge in [-0.05, 0) is 125 Å². The monoisotopic (exact) mass is 423 g/mol. The predicted molar refractivity (Wildman–Crippen MR) is 120 cm³/mol. The van der Waals surface area contributed by atoms with E-state index in [0.717, 1.165) is 86.9 Å². The predicted octanol–water partition coefficient (Wildman–Crippen LogP) is 6.11. The van der Waals surface area contributed by atoms with Crippen LogP contribution in [0.5, 0.6) is 0 Å². The van der Waals surface area contributed by atoms with E-state index in [2.05, 4.69) is 0 Å². The molecule has 0 radical (unpaired) electrons. The van der Waals surface area contributed by atoms with Gasteiger partial charge >= 0.3 is 0 Å². The van der Waals surface area contributed by atoms with Crippen molar-refractivity contribution in [2.24, 2.45) is 46.3 Å². The van der Waals surface area contributed by atoms with Crippen molar-refractivity contribution in [3.63, 3.8) is 0 Å². The van der Waals surface area contributed by atoms with Crippen LogP contribution in [0, 0.1) is 46.3 Å². The van der Waals surface area contributed by atoms with Crippen LogP contribution in [-0.2, 0) is 9.59 Å². The molecule has 3 nitrogen and oxygen atoms in total. The van der Waals surface area contributed by atoms with E-state index in [0.29, 0.717) is 11.8 Å². The Labute approximate surface area is 188 Å². The van der Waals surface area contributed by atoms with E-state index in [1.807, 2.05) is 4.90 Å². The molecular formula is C28H41NO2. The van der Waals surface area contributed by atoms with Gasteiger partial charge in [-0.3, -0.25) is 14.5 Å². The highest BCUT2D eigenvalue weighted by Crippen LogP contribution is 2.63. The molecule has 0 saturated heterocycles. The average Bonchev–Trinajstić information content (AvgIpc) is 2.73. The molecule has 0 atom stereocenters. The smallest absolute Gasteiger partial charge is 0.235 e. The molecular weight excluding hydrogens is 382 g/mol. The first-order chi connectivity index (χ1) is 15.0. The Morgan fingerprint density at radius 3 is 1.16 bits per heavy atom. The lowest BCUT2D eigenvalue weighted by Crippen LogP contribution is -2.62. The Hall–Kier alpha value is -0.860. The third-order valence-corrected chi connectivity index (χ3v) is 11.4. The van der Waals surface area contributed by atoms with Crippen LogP contribution in [0.3, 0.4) is 0 Å². The zero-order chi connectivity index (χ0) is 20.8. The fourth-order valence-corrected chi connectivity index (χ4v) is 11.0. The standard InChI is InChI=1S/C28H41NO2/c30-25(27-12-18-6-19(13-27)8-20(7-18)14-27)29(24-4-2-1-3-5-24)26(31)28-15-21-9-22(16-28)11-23(10-21)17-28/h18-24H,1-17H2. The maximum Gasteiger partial charge on any atom is 0.235 e. The van der Waals surface area contributed by atoms with Gasteiger partial charge in [-0.2, -0.15) is 0 Å². The number of amides is 2. The van der Waals surface area contributed by atoms with Crippen molar-refractivity contribution < 1.29 is 9.59 Å². The van der Waals surface area contributed by atoms with Crippen LogP contribution in [-0.4, -0.2) is 22.8 Å². The minimum Gasteiger partial charge on any atom is -0.279 e. The third-order valence-electron chi connectivity index (χ3n) is 11.4. The fourth-order valence-electron chi connectivity index (χ4n) is 11.0. The molecule has 9 rings (SSSR count). The lowest BCUT2D eigenvalue weighted by Gasteiger charge is -2.59. The van der Waals surface area contributed by atoms with Crippen LogP contribution in [0.4, 0.5) is 0 Å². The van der Waals surface area contributed by atoms with E-state index in [9.17, 15) is 9.59 Å². The van der Waals surface area contributed by atoms with Gasteiger partial charge < -0.3 is 0 Å². The van der Waals surface area contributed by atoms with Crippen LogP contribution in [0.15, 0.2) is 0 Å². The van der Waals surface area contributed by atoms with Crippen molar-refractivity contribution in [3.8, 4) is 0 Å². The zero-order valence-electron chi connectivity index (χ0n) is 19.3. The van der Waals surface area contributed by atoms with Crippen LogP contribution < -0.4 is 0 Å². The quantitative estimate of drug-likeness (QED) is 0.514. The molecule has 9 saturated carbocycles. The number of hydrogen-bond donors (Lipinski definition) is 0. The molecule has 31 heavy (non-hydrogen) atoms. The van der Waals surface area contributed by atoms with Gasteiger partial charge in [0, 0.05) is 6.04 Å². The second-order valence-corrected chi connectivity index (χ2v) is 13.7. The van der Waals surface area contributed by atoms with Crippen molar-refractivity contribution in [2.45, 2.75) is 115 Å². The van der Waals surface area contributed by atoms with Gasteiger partial charge in [0.25, 0.3) is 0 Å². The molecule has 3 heteroatoms. The van der Waals surface area contributed by atoms with Gasteiger partial charge in [-0.15, -0.1) is 0 Å². The van der Waals surface area contributed by atoms with E-state index in [4.69, 9.17) is 0 Å². The molecule has 0 aliphatic heterocycles. The molecule has 0 aromatic carbocycles. The summed E-state index contributed by atoms with van der Waals surface area (Å²) in [5.41, 5.74) is -0.353. The van der Waals surface area contributed by atoms with E-state index in [1.54, 1.807) is 0 Å². The van der Waals surface area contributed by atoms with Gasteiger partial charge in [-0.1, -0.05) is 19.3 Å². The number of carbonyl (C=O) groups is 2. The molecule has 2 amide bonds. The second kappa shape index (κ2) is 6.83. The van der Waals surface area contributed by atoms with Crippen molar-refractivity contribution in [1.29, 1.82) is 0 Å². The molecule has 0 unspecified atom stereocenters. The summed E-state index contributed by atoms with van der Waals surface area (Å²) in [6.07, 6.45) is 20.5. The van der Waals surface area contributed by atoms with Crippen molar-refractivity contribution in [2.75, 3.05) is 0 Å². The fraction of sp³-hybridized carbons (Fsp3) is 0.929. The number of carbonyl (C=O) groups excluding carboxylic acids is 2. The van der Waals surface area contributed by atoms with Crippen molar-refractivity contribution in [1.82, 2.24) is 4.90 Å². The molecule has 8 bridgehead atoms. The van der Waals surface area contributed by atoms with Crippen LogP contribution in [0.1, 0.15) is 109 Å². The lowest BCUT2D eigenvalue weighted by atomic mass is 9.48. The van der Waals surface area contributed by atoms with Gasteiger partial charge in [-0.25, -0.2) is 0 Å². The van der Waals surface area contributed by atoms with Crippen molar-refractivity contribution in [3.05, 3.63) is 0 Å².